The van der Waals surface area contributed by atoms with Gasteiger partial charge in [-0.25, -0.2) is 0 Å². The van der Waals surface area contributed by atoms with E-state index in [4.69, 9.17) is 4.74 Å². The van der Waals surface area contributed by atoms with E-state index >= 15 is 0 Å². The highest BCUT2D eigenvalue weighted by atomic mass is 16.5. The number of likely N-dealkylation sites (N-methyl/N-ethyl adjacent to an activating group) is 1. The molecule has 0 aromatic heterocycles. The van der Waals surface area contributed by atoms with E-state index in [0.717, 1.165) is 38.3 Å². The van der Waals surface area contributed by atoms with Gasteiger partial charge < -0.3 is 15.0 Å². The van der Waals surface area contributed by atoms with Crippen LogP contribution in [0.25, 0.3) is 0 Å². The molecule has 0 saturated carbocycles. The van der Waals surface area contributed by atoms with Crippen molar-refractivity contribution in [1.82, 2.24) is 5.32 Å². The molecule has 2 aromatic carbocycles. The Morgan fingerprint density at radius 3 is 2.39 bits per heavy atom. The third kappa shape index (κ3) is 5.29. The van der Waals surface area contributed by atoms with E-state index < -0.39 is 0 Å². The number of hydrogen-bond acceptors (Lipinski definition) is 3. The third-order valence-corrected chi connectivity index (χ3v) is 4.04. The van der Waals surface area contributed by atoms with Crippen LogP contribution in [0.15, 0.2) is 48.5 Å². The molecule has 2 rings (SSSR count). The molecule has 0 aliphatic rings. The van der Waals surface area contributed by atoms with Gasteiger partial charge in [0.2, 0.25) is 0 Å². The number of anilines is 1. The van der Waals surface area contributed by atoms with Crippen molar-refractivity contribution in [2.75, 3.05) is 31.6 Å². The molecule has 0 fully saturated rings. The van der Waals surface area contributed by atoms with Crippen molar-refractivity contribution < 1.29 is 4.74 Å². The van der Waals surface area contributed by atoms with Crippen molar-refractivity contribution in [2.24, 2.45) is 0 Å². The molecule has 0 amide bonds. The minimum atomic E-state index is 0.903. The number of hydrogen-bond donors (Lipinski definition) is 1. The van der Waals surface area contributed by atoms with E-state index in [9.17, 15) is 0 Å². The number of rotatable bonds is 9. The first-order valence-corrected chi connectivity index (χ1v) is 8.44. The molecule has 0 bridgehead atoms. The first-order valence-electron chi connectivity index (χ1n) is 8.44. The topological polar surface area (TPSA) is 24.5 Å². The molecule has 0 aliphatic heterocycles. The van der Waals surface area contributed by atoms with E-state index in [0.29, 0.717) is 0 Å². The molecule has 0 unspecified atom stereocenters. The second-order valence-electron chi connectivity index (χ2n) is 5.64. The van der Waals surface area contributed by atoms with Crippen molar-refractivity contribution in [3.8, 4) is 5.75 Å². The van der Waals surface area contributed by atoms with Crippen molar-refractivity contribution in [3.05, 3.63) is 59.7 Å². The molecule has 1 N–H and O–H groups in total. The van der Waals surface area contributed by atoms with Gasteiger partial charge >= 0.3 is 0 Å². The monoisotopic (exact) mass is 312 g/mol. The fourth-order valence-electron chi connectivity index (χ4n) is 2.63. The lowest BCUT2D eigenvalue weighted by Crippen LogP contribution is -2.22. The molecule has 124 valence electrons. The summed E-state index contributed by atoms with van der Waals surface area (Å²) in [5, 5.41) is 3.36. The lowest BCUT2D eigenvalue weighted by molar-refractivity contribution is 0.415. The van der Waals surface area contributed by atoms with Crippen LogP contribution in [0.2, 0.25) is 0 Å². The molecule has 2 aromatic rings. The summed E-state index contributed by atoms with van der Waals surface area (Å²) in [5.74, 6) is 0.903. The lowest BCUT2D eigenvalue weighted by Gasteiger charge is -2.23. The summed E-state index contributed by atoms with van der Waals surface area (Å²) < 4.78 is 5.33. The Morgan fingerprint density at radius 2 is 1.74 bits per heavy atom. The molecule has 3 nitrogen and oxygen atoms in total. The van der Waals surface area contributed by atoms with Crippen LogP contribution in [-0.2, 0) is 13.0 Å². The summed E-state index contributed by atoms with van der Waals surface area (Å²) in [5.41, 5.74) is 3.92. The largest absolute Gasteiger partial charge is 0.497 e. The Morgan fingerprint density at radius 1 is 1.00 bits per heavy atom. The molecule has 0 saturated heterocycles. The predicted molar refractivity (Wildman–Crippen MR) is 98.4 cm³/mol. The fourth-order valence-corrected chi connectivity index (χ4v) is 2.63. The summed E-state index contributed by atoms with van der Waals surface area (Å²) >= 11 is 0. The second-order valence-corrected chi connectivity index (χ2v) is 5.64. The van der Waals surface area contributed by atoms with Crippen LogP contribution in [0.3, 0.4) is 0 Å². The van der Waals surface area contributed by atoms with E-state index in [-0.39, 0.29) is 0 Å². The Balaban J connectivity index is 2.00. The van der Waals surface area contributed by atoms with Gasteiger partial charge in [-0.05, 0) is 49.7 Å². The number of nitrogens with one attached hydrogen (secondary N) is 1. The van der Waals surface area contributed by atoms with Gasteiger partial charge in [-0.1, -0.05) is 37.3 Å². The zero-order valence-corrected chi connectivity index (χ0v) is 14.5. The summed E-state index contributed by atoms with van der Waals surface area (Å²) in [4.78, 5) is 2.36. The zero-order chi connectivity index (χ0) is 16.5. The van der Waals surface area contributed by atoms with Crippen LogP contribution in [0.1, 0.15) is 25.0 Å². The smallest absolute Gasteiger partial charge is 0.120 e. The van der Waals surface area contributed by atoms with Crippen molar-refractivity contribution in [3.63, 3.8) is 0 Å². The van der Waals surface area contributed by atoms with Gasteiger partial charge in [0.15, 0.2) is 0 Å². The van der Waals surface area contributed by atoms with Gasteiger partial charge in [0.25, 0.3) is 0 Å². The highest BCUT2D eigenvalue weighted by molar-refractivity contribution is 5.51. The maximum Gasteiger partial charge on any atom is 0.120 e. The Labute approximate surface area is 140 Å². The van der Waals surface area contributed by atoms with Crippen LogP contribution < -0.4 is 15.0 Å². The minimum Gasteiger partial charge on any atom is -0.497 e. The van der Waals surface area contributed by atoms with Gasteiger partial charge in [0, 0.05) is 24.8 Å². The van der Waals surface area contributed by atoms with Crippen LogP contribution in [-0.4, -0.2) is 26.7 Å². The average molecular weight is 312 g/mol. The van der Waals surface area contributed by atoms with E-state index in [2.05, 4.69) is 60.5 Å². The number of methoxy groups -OCH3 is 1. The molecule has 0 atom stereocenters. The van der Waals surface area contributed by atoms with Crippen LogP contribution in [0.4, 0.5) is 5.69 Å². The highest BCUT2D eigenvalue weighted by Crippen LogP contribution is 2.22. The molecule has 0 spiro atoms. The molecule has 0 heterocycles. The molecule has 0 aliphatic carbocycles. The minimum absolute atomic E-state index is 0.903. The SMILES string of the molecule is CCNCCc1ccc(CN(CC)c2cccc(OC)c2)cc1. The van der Waals surface area contributed by atoms with Crippen molar-refractivity contribution in [2.45, 2.75) is 26.8 Å². The van der Waals surface area contributed by atoms with Crippen LogP contribution >= 0.6 is 0 Å². The van der Waals surface area contributed by atoms with E-state index in [1.54, 1.807) is 7.11 Å². The standard InChI is InChI=1S/C20H28N2O/c1-4-21-14-13-17-9-11-18(12-10-17)16-22(5-2)19-7-6-8-20(15-19)23-3/h6-12,15,21H,4-5,13-14,16H2,1-3H3. The van der Waals surface area contributed by atoms with Crippen LogP contribution in [0.5, 0.6) is 5.75 Å². The molecule has 3 heteroatoms. The predicted octanol–water partition coefficient (Wildman–Crippen LogP) is 3.87. The Hall–Kier alpha value is -2.00. The van der Waals surface area contributed by atoms with Gasteiger partial charge in [0.1, 0.15) is 5.75 Å². The third-order valence-electron chi connectivity index (χ3n) is 4.04. The quantitative estimate of drug-likeness (QED) is 0.711. The Kier molecular flexibility index (Phi) is 6.95. The zero-order valence-electron chi connectivity index (χ0n) is 14.5. The number of benzene rings is 2. The van der Waals surface area contributed by atoms with E-state index in [1.165, 1.54) is 16.8 Å². The summed E-state index contributed by atoms with van der Waals surface area (Å²) in [6, 6.07) is 17.2. The first kappa shape index (κ1) is 17.4. The maximum absolute atomic E-state index is 5.33. The van der Waals surface area contributed by atoms with Gasteiger partial charge in [-0.15, -0.1) is 0 Å². The van der Waals surface area contributed by atoms with Gasteiger partial charge in [-0.3, -0.25) is 0 Å². The average Bonchev–Trinajstić information content (AvgIpc) is 2.61. The van der Waals surface area contributed by atoms with Crippen molar-refractivity contribution >= 4 is 5.69 Å². The van der Waals surface area contributed by atoms with Gasteiger partial charge in [0.05, 0.1) is 7.11 Å². The summed E-state index contributed by atoms with van der Waals surface area (Å²) in [6.45, 7) is 8.28. The maximum atomic E-state index is 5.33. The summed E-state index contributed by atoms with van der Waals surface area (Å²) in [6.07, 6.45) is 1.08. The number of ether oxygens (including phenoxy) is 1. The summed E-state index contributed by atoms with van der Waals surface area (Å²) in [7, 11) is 1.71. The molecular formula is C20H28N2O. The molecule has 23 heavy (non-hydrogen) atoms. The Bertz CT molecular complexity index is 580. The fraction of sp³-hybridized carbons (Fsp3) is 0.400. The van der Waals surface area contributed by atoms with E-state index in [1.807, 2.05) is 12.1 Å². The normalized spacial score (nSPS) is 10.6. The van der Waals surface area contributed by atoms with Crippen molar-refractivity contribution in [1.29, 1.82) is 0 Å². The highest BCUT2D eigenvalue weighted by Gasteiger charge is 2.06. The van der Waals surface area contributed by atoms with Gasteiger partial charge in [-0.2, -0.15) is 0 Å². The van der Waals surface area contributed by atoms with Crippen LogP contribution in [0, 0.1) is 0 Å². The molecule has 0 radical (unpaired) electrons. The first-order chi connectivity index (χ1) is 11.3. The molecular weight excluding hydrogens is 284 g/mol. The lowest BCUT2D eigenvalue weighted by atomic mass is 10.1. The number of nitrogens with zero attached hydrogens (tertiary/aromatic N) is 1. The second kappa shape index (κ2) is 9.21.